The van der Waals surface area contributed by atoms with Crippen molar-refractivity contribution < 1.29 is 4.39 Å². The van der Waals surface area contributed by atoms with Gasteiger partial charge in [-0.25, -0.2) is 9.37 Å². The van der Waals surface area contributed by atoms with E-state index in [1.807, 2.05) is 25.1 Å². The summed E-state index contributed by atoms with van der Waals surface area (Å²) in [7, 11) is 0. The number of aryl methyl sites for hydroxylation is 1. The number of aromatic nitrogens is 2. The van der Waals surface area contributed by atoms with Gasteiger partial charge >= 0.3 is 0 Å². The molecule has 0 atom stereocenters. The van der Waals surface area contributed by atoms with E-state index in [1.165, 1.54) is 6.07 Å². The van der Waals surface area contributed by atoms with Crippen LogP contribution in [0.15, 0.2) is 59.2 Å². The van der Waals surface area contributed by atoms with E-state index < -0.39 is 0 Å². The van der Waals surface area contributed by atoms with Gasteiger partial charge in [-0.2, -0.15) is 4.98 Å². The van der Waals surface area contributed by atoms with Crippen LogP contribution in [0.4, 0.5) is 27.5 Å². The molecule has 0 radical (unpaired) electrons. The number of hydrogen-bond acceptors (Lipinski definition) is 4. The zero-order chi connectivity index (χ0) is 16.2. The predicted octanol–water partition coefficient (Wildman–Crippen LogP) is 5.17. The molecule has 0 unspecified atom stereocenters. The lowest BCUT2D eigenvalue weighted by Gasteiger charge is -2.09. The lowest BCUT2D eigenvalue weighted by atomic mass is 10.2. The van der Waals surface area contributed by atoms with Crippen molar-refractivity contribution in [2.45, 2.75) is 6.92 Å². The zero-order valence-electron chi connectivity index (χ0n) is 12.3. The summed E-state index contributed by atoms with van der Waals surface area (Å²) >= 11 is 3.49. The summed E-state index contributed by atoms with van der Waals surface area (Å²) in [6, 6.07) is 14.0. The lowest BCUT2D eigenvalue weighted by Crippen LogP contribution is -2.01. The van der Waals surface area contributed by atoms with Crippen molar-refractivity contribution in [3.05, 3.63) is 70.6 Å². The summed E-state index contributed by atoms with van der Waals surface area (Å²) in [4.78, 5) is 8.52. The van der Waals surface area contributed by atoms with Crippen molar-refractivity contribution in [1.29, 1.82) is 0 Å². The second kappa shape index (κ2) is 6.75. The Labute approximate surface area is 141 Å². The summed E-state index contributed by atoms with van der Waals surface area (Å²) in [6.07, 6.45) is 1.61. The fourth-order valence-electron chi connectivity index (χ4n) is 1.99. The summed E-state index contributed by atoms with van der Waals surface area (Å²) in [6.45, 7) is 2.02. The van der Waals surface area contributed by atoms with Crippen LogP contribution >= 0.6 is 15.9 Å². The maximum absolute atomic E-state index is 13.7. The maximum Gasteiger partial charge on any atom is 0.229 e. The molecule has 0 aliphatic rings. The molecule has 0 bridgehead atoms. The average molecular weight is 373 g/mol. The number of anilines is 4. The van der Waals surface area contributed by atoms with Crippen LogP contribution in [0.2, 0.25) is 0 Å². The third kappa shape index (κ3) is 3.84. The average Bonchev–Trinajstić information content (AvgIpc) is 2.54. The summed E-state index contributed by atoms with van der Waals surface area (Å²) in [5.41, 5.74) is 2.38. The molecule has 3 rings (SSSR count). The van der Waals surface area contributed by atoms with Gasteiger partial charge in [0.05, 0.1) is 5.69 Å². The Hall–Kier alpha value is -2.47. The first-order valence-electron chi connectivity index (χ1n) is 6.99. The largest absolute Gasteiger partial charge is 0.338 e. The van der Waals surface area contributed by atoms with Crippen LogP contribution in [0.3, 0.4) is 0 Å². The van der Waals surface area contributed by atoms with Crippen LogP contribution in [0.5, 0.6) is 0 Å². The Kier molecular flexibility index (Phi) is 4.52. The zero-order valence-corrected chi connectivity index (χ0v) is 13.9. The highest BCUT2D eigenvalue weighted by atomic mass is 79.9. The molecule has 0 spiro atoms. The van der Waals surface area contributed by atoms with Crippen LogP contribution < -0.4 is 10.6 Å². The highest BCUT2D eigenvalue weighted by Crippen LogP contribution is 2.23. The Morgan fingerprint density at radius 1 is 1.04 bits per heavy atom. The van der Waals surface area contributed by atoms with Crippen LogP contribution in [-0.4, -0.2) is 9.97 Å². The number of halogens is 2. The molecule has 0 fully saturated rings. The molecule has 0 aliphatic heterocycles. The van der Waals surface area contributed by atoms with Crippen molar-refractivity contribution in [2.75, 3.05) is 10.6 Å². The normalized spacial score (nSPS) is 10.4. The van der Waals surface area contributed by atoms with Gasteiger partial charge in [0, 0.05) is 16.4 Å². The molecule has 23 heavy (non-hydrogen) atoms. The monoisotopic (exact) mass is 372 g/mol. The van der Waals surface area contributed by atoms with Gasteiger partial charge in [-0.15, -0.1) is 0 Å². The smallest absolute Gasteiger partial charge is 0.229 e. The van der Waals surface area contributed by atoms with E-state index in [0.717, 1.165) is 15.7 Å². The van der Waals surface area contributed by atoms with Gasteiger partial charge in [-0.05, 0) is 42.8 Å². The molecule has 0 amide bonds. The van der Waals surface area contributed by atoms with Gasteiger partial charge in [0.25, 0.3) is 0 Å². The van der Waals surface area contributed by atoms with E-state index in [4.69, 9.17) is 0 Å². The Balaban J connectivity index is 1.79. The third-order valence-corrected chi connectivity index (χ3v) is 4.07. The first kappa shape index (κ1) is 15.4. The molecule has 0 saturated heterocycles. The van der Waals surface area contributed by atoms with E-state index in [9.17, 15) is 4.39 Å². The standard InChI is InChI=1S/C17H14BrFN4/c1-11-6-7-12(10-13(11)18)21-17-20-9-8-16(23-17)22-15-5-3-2-4-14(15)19/h2-10H,1H3,(H2,20,21,22,23). The van der Waals surface area contributed by atoms with Gasteiger partial charge in [0.1, 0.15) is 11.6 Å². The van der Waals surface area contributed by atoms with Gasteiger partial charge in [-0.1, -0.05) is 34.1 Å². The molecule has 116 valence electrons. The van der Waals surface area contributed by atoms with Gasteiger partial charge in [0.15, 0.2) is 0 Å². The van der Waals surface area contributed by atoms with Crippen LogP contribution in [0.1, 0.15) is 5.56 Å². The molecule has 0 saturated carbocycles. The number of para-hydroxylation sites is 1. The molecule has 1 heterocycles. The van der Waals surface area contributed by atoms with Gasteiger partial charge in [-0.3, -0.25) is 0 Å². The van der Waals surface area contributed by atoms with E-state index in [2.05, 4.69) is 36.5 Å². The van der Waals surface area contributed by atoms with Crippen molar-refractivity contribution in [1.82, 2.24) is 9.97 Å². The lowest BCUT2D eigenvalue weighted by molar-refractivity contribution is 0.632. The van der Waals surface area contributed by atoms with E-state index in [-0.39, 0.29) is 5.82 Å². The fraction of sp³-hybridized carbons (Fsp3) is 0.0588. The predicted molar refractivity (Wildman–Crippen MR) is 93.9 cm³/mol. The summed E-state index contributed by atoms with van der Waals surface area (Å²) < 4.78 is 14.7. The number of nitrogens with zero attached hydrogens (tertiary/aromatic N) is 2. The second-order valence-corrected chi connectivity index (χ2v) is 5.81. The molecule has 2 N–H and O–H groups in total. The molecule has 4 nitrogen and oxygen atoms in total. The highest BCUT2D eigenvalue weighted by molar-refractivity contribution is 9.10. The van der Waals surface area contributed by atoms with Crippen molar-refractivity contribution in [3.8, 4) is 0 Å². The number of hydrogen-bond donors (Lipinski definition) is 2. The van der Waals surface area contributed by atoms with Crippen LogP contribution in [0, 0.1) is 12.7 Å². The van der Waals surface area contributed by atoms with Crippen LogP contribution in [-0.2, 0) is 0 Å². The van der Waals surface area contributed by atoms with E-state index in [1.54, 1.807) is 30.5 Å². The van der Waals surface area contributed by atoms with E-state index >= 15 is 0 Å². The fourth-order valence-corrected chi connectivity index (χ4v) is 2.37. The second-order valence-electron chi connectivity index (χ2n) is 4.96. The van der Waals surface area contributed by atoms with Crippen molar-refractivity contribution in [2.24, 2.45) is 0 Å². The number of rotatable bonds is 4. The van der Waals surface area contributed by atoms with Gasteiger partial charge < -0.3 is 10.6 Å². The number of nitrogens with one attached hydrogen (secondary N) is 2. The highest BCUT2D eigenvalue weighted by Gasteiger charge is 2.05. The van der Waals surface area contributed by atoms with Crippen LogP contribution in [0.25, 0.3) is 0 Å². The van der Waals surface area contributed by atoms with Gasteiger partial charge in [0.2, 0.25) is 5.95 Å². The quantitative estimate of drug-likeness (QED) is 0.662. The van der Waals surface area contributed by atoms with Crippen molar-refractivity contribution in [3.63, 3.8) is 0 Å². The first-order valence-corrected chi connectivity index (χ1v) is 7.79. The maximum atomic E-state index is 13.7. The topological polar surface area (TPSA) is 49.8 Å². The van der Waals surface area contributed by atoms with E-state index in [0.29, 0.717) is 17.5 Å². The van der Waals surface area contributed by atoms with Crippen molar-refractivity contribution >= 4 is 39.1 Å². The minimum Gasteiger partial charge on any atom is -0.338 e. The molecule has 3 aromatic rings. The molecule has 1 aromatic heterocycles. The number of benzene rings is 2. The molecular weight excluding hydrogens is 359 g/mol. The minimum atomic E-state index is -0.330. The third-order valence-electron chi connectivity index (χ3n) is 3.22. The minimum absolute atomic E-state index is 0.330. The summed E-state index contributed by atoms with van der Waals surface area (Å²) in [5.74, 6) is 0.615. The molecular formula is C17H14BrFN4. The first-order chi connectivity index (χ1) is 11.1. The summed E-state index contributed by atoms with van der Waals surface area (Å²) in [5, 5.41) is 6.07. The Morgan fingerprint density at radius 3 is 2.65 bits per heavy atom. The SMILES string of the molecule is Cc1ccc(Nc2nccc(Nc3ccccc3F)n2)cc1Br. The molecule has 0 aliphatic carbocycles. The Morgan fingerprint density at radius 2 is 1.87 bits per heavy atom. The Bertz CT molecular complexity index is 838. The molecule has 2 aromatic carbocycles. The molecule has 6 heteroatoms.